The molecule has 0 aromatic heterocycles. The zero-order valence-electron chi connectivity index (χ0n) is 10.8. The minimum Gasteiger partial charge on any atom is -0.664 e. The molecule has 0 saturated heterocycles. The van der Waals surface area contributed by atoms with Gasteiger partial charge in [-0.3, -0.25) is 0 Å². The van der Waals surface area contributed by atoms with Crippen LogP contribution in [0, 0.1) is 41.3 Å². The first-order chi connectivity index (χ1) is 8.03. The third-order valence-corrected chi connectivity index (χ3v) is 3.21. The summed E-state index contributed by atoms with van der Waals surface area (Å²) in [4.78, 5) is 0. The van der Waals surface area contributed by atoms with E-state index in [1.807, 2.05) is 13.0 Å². The Morgan fingerprint density at radius 3 is 2.22 bits per heavy atom. The molecule has 1 atom stereocenters. The second-order valence-electron chi connectivity index (χ2n) is 3.82. The van der Waals surface area contributed by atoms with Crippen LogP contribution in [0.4, 0.5) is 0 Å². The molecule has 0 aliphatic heterocycles. The number of hydrogen-bond donors (Lipinski definition) is 1. The molecule has 1 aromatic carbocycles. The van der Waals surface area contributed by atoms with Gasteiger partial charge in [0.15, 0.2) is 0 Å². The average Bonchev–Trinajstić information content (AvgIpc) is 2.35. The van der Waals surface area contributed by atoms with Crippen LogP contribution >= 0.6 is 23.2 Å². The van der Waals surface area contributed by atoms with Crippen LogP contribution in [-0.2, 0) is 5.41 Å². The number of aliphatic hydroxyl groups is 1. The predicted molar refractivity (Wildman–Crippen MR) is 76.3 cm³/mol. The van der Waals surface area contributed by atoms with E-state index in [9.17, 15) is 5.11 Å². The molecule has 1 radical (unpaired) electrons. The first kappa shape index (κ1) is 21.1. The van der Waals surface area contributed by atoms with Crippen molar-refractivity contribution in [3.8, 4) is 0 Å². The van der Waals surface area contributed by atoms with Crippen LogP contribution in [0.5, 0.6) is 0 Å². The number of halogens is 2. The van der Waals surface area contributed by atoms with E-state index >= 15 is 0 Å². The topological polar surface area (TPSA) is 34.3 Å². The predicted octanol–water partition coefficient (Wildman–Crippen LogP) is 4.05. The summed E-state index contributed by atoms with van der Waals surface area (Å²) >= 11 is 11.8. The molecule has 0 saturated carbocycles. The summed E-state index contributed by atoms with van der Waals surface area (Å²) in [5, 5.41) is 14.5. The van der Waals surface area contributed by atoms with E-state index in [0.717, 1.165) is 5.56 Å². The van der Waals surface area contributed by atoms with E-state index in [-0.39, 0.29) is 53.3 Å². The molecule has 1 aromatic rings. The standard InChI is InChI=1S/C11H14Cl2NO.C2H4.Pr/c1-11(7-15,6-14-2)8-3-4-9(12)10(13)5-8;1-2;/h3-5,15H,6-7H2,1-2H3;1-2H2;/q-1;;. The van der Waals surface area contributed by atoms with Crippen LogP contribution < -0.4 is 0 Å². The minimum atomic E-state index is -0.386. The van der Waals surface area contributed by atoms with E-state index < -0.39 is 0 Å². The number of aliphatic hydroxyl groups excluding tert-OH is 1. The van der Waals surface area contributed by atoms with Crippen LogP contribution in [0.25, 0.3) is 5.32 Å². The Hall–Kier alpha value is 0.824. The summed E-state index contributed by atoms with van der Waals surface area (Å²) in [6.07, 6.45) is 0. The molecule has 0 aliphatic rings. The van der Waals surface area contributed by atoms with E-state index in [2.05, 4.69) is 18.5 Å². The molecule has 1 N–H and O–H groups in total. The van der Waals surface area contributed by atoms with Gasteiger partial charge in [0.1, 0.15) is 0 Å². The van der Waals surface area contributed by atoms with Crippen molar-refractivity contribution in [2.24, 2.45) is 0 Å². The fourth-order valence-electron chi connectivity index (χ4n) is 1.45. The molecule has 0 bridgehead atoms. The Bertz CT molecular complexity index is 363. The number of rotatable bonds is 4. The van der Waals surface area contributed by atoms with E-state index in [0.29, 0.717) is 16.6 Å². The van der Waals surface area contributed by atoms with Gasteiger partial charge < -0.3 is 10.4 Å². The Morgan fingerprint density at radius 2 is 1.83 bits per heavy atom. The van der Waals surface area contributed by atoms with E-state index in [4.69, 9.17) is 23.2 Å². The maximum absolute atomic E-state index is 9.39. The third-order valence-electron chi connectivity index (χ3n) is 2.47. The van der Waals surface area contributed by atoms with Gasteiger partial charge >= 0.3 is 0 Å². The minimum absolute atomic E-state index is 0. The zero-order valence-corrected chi connectivity index (χ0v) is 16.0. The summed E-state index contributed by atoms with van der Waals surface area (Å²) in [6, 6.07) is 5.39. The third kappa shape index (κ3) is 5.85. The average molecular weight is 416 g/mol. The SMILES string of the molecule is C=C.C[N-]CC(C)(CO)c1ccc(Cl)c(Cl)c1.[Pr]. The summed E-state index contributed by atoms with van der Waals surface area (Å²) in [7, 11) is 1.73. The summed E-state index contributed by atoms with van der Waals surface area (Å²) < 4.78 is 0. The van der Waals surface area contributed by atoms with Crippen molar-refractivity contribution in [3.05, 3.63) is 52.3 Å². The maximum Gasteiger partial charge on any atom is 0.0595 e. The Kier molecular flexibility index (Phi) is 12.4. The molecular weight excluding hydrogens is 398 g/mol. The van der Waals surface area contributed by atoms with Crippen molar-refractivity contribution < 1.29 is 46.4 Å². The van der Waals surface area contributed by atoms with Gasteiger partial charge in [0.25, 0.3) is 0 Å². The first-order valence-corrected chi connectivity index (χ1v) is 5.91. The maximum atomic E-state index is 9.39. The molecule has 1 rings (SSSR count). The van der Waals surface area contributed by atoms with Gasteiger partial charge in [0.2, 0.25) is 0 Å². The van der Waals surface area contributed by atoms with Crippen molar-refractivity contribution >= 4 is 23.2 Å². The van der Waals surface area contributed by atoms with Gasteiger partial charge in [-0.2, -0.15) is 7.05 Å². The monoisotopic (exact) mass is 415 g/mol. The molecule has 2 nitrogen and oxygen atoms in total. The van der Waals surface area contributed by atoms with Crippen molar-refractivity contribution in [2.45, 2.75) is 12.3 Å². The van der Waals surface area contributed by atoms with Gasteiger partial charge in [-0.25, -0.2) is 0 Å². The molecule has 0 fully saturated rings. The molecule has 0 heterocycles. The van der Waals surface area contributed by atoms with E-state index in [1.54, 1.807) is 19.2 Å². The fraction of sp³-hybridized carbons (Fsp3) is 0.385. The van der Waals surface area contributed by atoms with Crippen molar-refractivity contribution in [1.82, 2.24) is 0 Å². The Balaban J connectivity index is 0. The molecule has 5 heteroatoms. The Labute approximate surface area is 153 Å². The van der Waals surface area contributed by atoms with Gasteiger partial charge in [0.05, 0.1) is 16.7 Å². The zero-order chi connectivity index (χ0) is 13.5. The number of hydrogen-bond acceptors (Lipinski definition) is 1. The van der Waals surface area contributed by atoms with Crippen LogP contribution in [0.3, 0.4) is 0 Å². The van der Waals surface area contributed by atoms with Crippen LogP contribution in [0.15, 0.2) is 31.4 Å². The summed E-state index contributed by atoms with van der Waals surface area (Å²) in [6.45, 7) is 8.53. The quantitative estimate of drug-likeness (QED) is 0.739. The molecule has 0 spiro atoms. The van der Waals surface area contributed by atoms with Crippen molar-refractivity contribution in [3.63, 3.8) is 0 Å². The second-order valence-corrected chi connectivity index (χ2v) is 4.64. The number of nitrogens with zero attached hydrogens (tertiary/aromatic N) is 1. The van der Waals surface area contributed by atoms with E-state index in [1.165, 1.54) is 0 Å². The number of likely N-dealkylation sites (N-methyl/N-ethyl adjacent to an activating group) is 1. The number of benzene rings is 1. The smallest absolute Gasteiger partial charge is 0.0595 e. The molecule has 0 amide bonds. The van der Waals surface area contributed by atoms with Crippen molar-refractivity contribution in [2.75, 3.05) is 20.2 Å². The summed E-state index contributed by atoms with van der Waals surface area (Å²) in [5.41, 5.74) is 0.563. The molecule has 0 aliphatic carbocycles. The van der Waals surface area contributed by atoms with Crippen LogP contribution in [-0.4, -0.2) is 25.3 Å². The Morgan fingerprint density at radius 1 is 1.28 bits per heavy atom. The second kappa shape index (κ2) is 10.6. The van der Waals surface area contributed by atoms with Gasteiger partial charge in [-0.1, -0.05) is 36.2 Å². The summed E-state index contributed by atoms with van der Waals surface area (Å²) in [5.74, 6) is 0. The molecule has 1 unspecified atom stereocenters. The largest absolute Gasteiger partial charge is 0.664 e. The van der Waals surface area contributed by atoms with Gasteiger partial charge in [-0.05, 0) is 23.1 Å². The van der Waals surface area contributed by atoms with Gasteiger partial charge in [-0.15, -0.1) is 19.7 Å². The molecule has 99 valence electrons. The fourth-order valence-corrected chi connectivity index (χ4v) is 1.75. The van der Waals surface area contributed by atoms with Gasteiger partial charge in [0, 0.05) is 41.3 Å². The van der Waals surface area contributed by atoms with Crippen LogP contribution in [0.1, 0.15) is 12.5 Å². The normalized spacial score (nSPS) is 12.7. The van der Waals surface area contributed by atoms with Crippen LogP contribution in [0.2, 0.25) is 10.0 Å². The molecule has 18 heavy (non-hydrogen) atoms. The van der Waals surface area contributed by atoms with Crippen molar-refractivity contribution in [1.29, 1.82) is 0 Å². The first-order valence-electron chi connectivity index (χ1n) is 5.15. The molecular formula is C13H18Cl2NOPr-.